The second kappa shape index (κ2) is 10.7. The molecule has 160 valence electrons. The highest BCUT2D eigenvalue weighted by Gasteiger charge is 2.14. The highest BCUT2D eigenvalue weighted by atomic mass is 35.5. The monoisotopic (exact) mass is 457 g/mol. The average Bonchev–Trinajstić information content (AvgIpc) is 3.21. The number of hydrazone groups is 1. The maximum atomic E-state index is 12.1. The minimum absolute atomic E-state index is 0.136. The average molecular weight is 458 g/mol. The molecule has 3 rings (SSSR count). The summed E-state index contributed by atoms with van der Waals surface area (Å²) in [5.41, 5.74) is 4.56. The van der Waals surface area contributed by atoms with E-state index in [0.29, 0.717) is 22.3 Å². The van der Waals surface area contributed by atoms with Gasteiger partial charge in [0.2, 0.25) is 0 Å². The molecule has 0 spiro atoms. The summed E-state index contributed by atoms with van der Waals surface area (Å²) < 4.78 is 6.59. The topological polar surface area (TPSA) is 98.5 Å². The summed E-state index contributed by atoms with van der Waals surface area (Å²) in [6, 6.07) is 14.0. The molecule has 31 heavy (non-hydrogen) atoms. The summed E-state index contributed by atoms with van der Waals surface area (Å²) in [5, 5.41) is 13.7. The van der Waals surface area contributed by atoms with E-state index in [9.17, 15) is 9.59 Å². The van der Waals surface area contributed by atoms with E-state index >= 15 is 0 Å². The Labute approximate surface area is 188 Å². The first-order chi connectivity index (χ1) is 15.0. The van der Waals surface area contributed by atoms with E-state index in [0.717, 1.165) is 17.0 Å². The molecule has 0 fully saturated rings. The molecule has 0 bridgehead atoms. The van der Waals surface area contributed by atoms with Crippen LogP contribution >= 0.6 is 23.4 Å². The van der Waals surface area contributed by atoms with Gasteiger partial charge in [0.1, 0.15) is 0 Å². The molecule has 1 N–H and O–H groups in total. The molecule has 0 saturated carbocycles. The van der Waals surface area contributed by atoms with Crippen molar-refractivity contribution in [1.82, 2.24) is 20.2 Å². The van der Waals surface area contributed by atoms with Gasteiger partial charge in [0.05, 0.1) is 24.6 Å². The van der Waals surface area contributed by atoms with Gasteiger partial charge in [0.25, 0.3) is 5.91 Å². The Morgan fingerprint density at radius 1 is 1.16 bits per heavy atom. The van der Waals surface area contributed by atoms with Crippen LogP contribution in [0, 0.1) is 0 Å². The highest BCUT2D eigenvalue weighted by Crippen LogP contribution is 2.25. The number of nitrogens with one attached hydrogen (secondary N) is 1. The fourth-order valence-corrected chi connectivity index (χ4v) is 3.58. The number of hydrogen-bond acceptors (Lipinski definition) is 7. The number of carbonyl (C=O) groups excluding carboxylic acids is 2. The second-order valence-corrected chi connectivity index (χ2v) is 7.63. The van der Waals surface area contributed by atoms with Crippen LogP contribution in [-0.2, 0) is 16.1 Å². The van der Waals surface area contributed by atoms with Crippen LogP contribution in [0.25, 0.3) is 11.4 Å². The summed E-state index contributed by atoms with van der Waals surface area (Å²) in [5.74, 6) is 0.173. The van der Waals surface area contributed by atoms with Gasteiger partial charge in [-0.2, -0.15) is 5.10 Å². The molecule has 2 aromatic carbocycles. The third-order valence-corrected chi connectivity index (χ3v) is 5.42. The van der Waals surface area contributed by atoms with Crippen LogP contribution in [0.2, 0.25) is 5.02 Å². The predicted molar refractivity (Wildman–Crippen MR) is 120 cm³/mol. The lowest BCUT2D eigenvalue weighted by Crippen LogP contribution is -2.20. The number of halogens is 1. The van der Waals surface area contributed by atoms with E-state index in [2.05, 4.69) is 25.5 Å². The van der Waals surface area contributed by atoms with Gasteiger partial charge in [-0.1, -0.05) is 35.5 Å². The Balaban J connectivity index is 1.55. The van der Waals surface area contributed by atoms with E-state index < -0.39 is 5.97 Å². The fraction of sp³-hybridized carbons (Fsp3) is 0.190. The molecule has 1 heterocycles. The van der Waals surface area contributed by atoms with Crippen LogP contribution in [0.5, 0.6) is 0 Å². The van der Waals surface area contributed by atoms with E-state index in [4.69, 9.17) is 11.6 Å². The number of aromatic nitrogens is 3. The molecule has 0 unspecified atom stereocenters. The van der Waals surface area contributed by atoms with Gasteiger partial charge in [-0.15, -0.1) is 10.2 Å². The minimum atomic E-state index is -0.409. The second-order valence-electron chi connectivity index (χ2n) is 6.25. The van der Waals surface area contributed by atoms with Crippen LogP contribution < -0.4 is 5.43 Å². The van der Waals surface area contributed by atoms with Crippen molar-refractivity contribution in [2.45, 2.75) is 18.6 Å². The molecule has 8 nitrogen and oxygen atoms in total. The standard InChI is InChI=1S/C21H20ClN5O3S/c1-3-27-19(15-8-10-17(22)11-9-15)25-26-21(27)31-13-18(28)24-23-12-14-4-6-16(7-5-14)20(29)30-2/h4-12H,3,13H2,1-2H3,(H,24,28)/b23-12-. The summed E-state index contributed by atoms with van der Waals surface area (Å²) >= 11 is 7.23. The zero-order chi connectivity index (χ0) is 22.2. The number of rotatable bonds is 8. The molecule has 10 heteroatoms. The highest BCUT2D eigenvalue weighted by molar-refractivity contribution is 7.99. The number of benzene rings is 2. The van der Waals surface area contributed by atoms with Crippen molar-refractivity contribution in [3.05, 3.63) is 64.7 Å². The predicted octanol–water partition coefficient (Wildman–Crippen LogP) is 3.65. The van der Waals surface area contributed by atoms with Crippen LogP contribution in [0.4, 0.5) is 0 Å². The van der Waals surface area contributed by atoms with Crippen molar-refractivity contribution in [1.29, 1.82) is 0 Å². The van der Waals surface area contributed by atoms with Crippen LogP contribution in [0.3, 0.4) is 0 Å². The smallest absolute Gasteiger partial charge is 0.337 e. The van der Waals surface area contributed by atoms with Gasteiger partial charge in [-0.3, -0.25) is 4.79 Å². The molecule has 0 aliphatic carbocycles. The van der Waals surface area contributed by atoms with Crippen molar-refractivity contribution < 1.29 is 14.3 Å². The van der Waals surface area contributed by atoms with Gasteiger partial charge in [-0.25, -0.2) is 10.2 Å². The zero-order valence-electron chi connectivity index (χ0n) is 16.9. The number of ether oxygens (including phenoxy) is 1. The first-order valence-electron chi connectivity index (χ1n) is 9.34. The summed E-state index contributed by atoms with van der Waals surface area (Å²) in [4.78, 5) is 23.6. The third-order valence-electron chi connectivity index (χ3n) is 4.20. The molecule has 0 radical (unpaired) electrons. The first kappa shape index (κ1) is 22.5. The Bertz CT molecular complexity index is 1080. The number of nitrogens with zero attached hydrogens (tertiary/aromatic N) is 4. The molecular formula is C21H20ClN5O3S. The minimum Gasteiger partial charge on any atom is -0.465 e. The Hall–Kier alpha value is -3.17. The van der Waals surface area contributed by atoms with Crippen molar-refractivity contribution >= 4 is 41.5 Å². The van der Waals surface area contributed by atoms with E-state index in [1.807, 2.05) is 23.6 Å². The first-order valence-corrected chi connectivity index (χ1v) is 10.7. The van der Waals surface area contributed by atoms with E-state index in [1.54, 1.807) is 36.4 Å². The lowest BCUT2D eigenvalue weighted by atomic mass is 10.1. The Morgan fingerprint density at radius 3 is 2.52 bits per heavy atom. The number of carbonyl (C=O) groups is 2. The molecule has 3 aromatic rings. The number of amides is 1. The fourth-order valence-electron chi connectivity index (χ4n) is 2.66. The number of methoxy groups -OCH3 is 1. The number of esters is 1. The maximum absolute atomic E-state index is 12.1. The normalized spacial score (nSPS) is 10.9. The molecule has 0 aliphatic rings. The van der Waals surface area contributed by atoms with Crippen LogP contribution in [-0.4, -0.2) is 45.7 Å². The lowest BCUT2D eigenvalue weighted by Gasteiger charge is -2.07. The van der Waals surface area contributed by atoms with Crippen LogP contribution in [0.1, 0.15) is 22.8 Å². The van der Waals surface area contributed by atoms with Crippen molar-refractivity contribution in [2.75, 3.05) is 12.9 Å². The quantitative estimate of drug-likeness (QED) is 0.240. The van der Waals surface area contributed by atoms with E-state index in [1.165, 1.54) is 25.1 Å². The van der Waals surface area contributed by atoms with E-state index in [-0.39, 0.29) is 11.7 Å². The van der Waals surface area contributed by atoms with Gasteiger partial charge in [0.15, 0.2) is 11.0 Å². The molecule has 0 atom stereocenters. The van der Waals surface area contributed by atoms with Gasteiger partial charge >= 0.3 is 5.97 Å². The summed E-state index contributed by atoms with van der Waals surface area (Å²) in [6.07, 6.45) is 1.50. The zero-order valence-corrected chi connectivity index (χ0v) is 18.5. The Morgan fingerprint density at radius 2 is 1.87 bits per heavy atom. The summed E-state index contributed by atoms with van der Waals surface area (Å²) in [7, 11) is 1.33. The molecule has 0 aliphatic heterocycles. The van der Waals surface area contributed by atoms with Gasteiger partial charge < -0.3 is 9.30 Å². The Kier molecular flexibility index (Phi) is 7.80. The van der Waals surface area contributed by atoms with Gasteiger partial charge in [-0.05, 0) is 48.9 Å². The summed E-state index contributed by atoms with van der Waals surface area (Å²) in [6.45, 7) is 2.65. The maximum Gasteiger partial charge on any atom is 0.337 e. The molecule has 1 amide bonds. The number of thioether (sulfide) groups is 1. The largest absolute Gasteiger partial charge is 0.465 e. The van der Waals surface area contributed by atoms with Crippen molar-refractivity contribution in [3.63, 3.8) is 0 Å². The molecule has 0 saturated heterocycles. The van der Waals surface area contributed by atoms with Crippen LogP contribution in [0.15, 0.2) is 58.8 Å². The molecule has 1 aromatic heterocycles. The third kappa shape index (κ3) is 5.93. The van der Waals surface area contributed by atoms with Crippen molar-refractivity contribution in [2.24, 2.45) is 5.10 Å². The van der Waals surface area contributed by atoms with Gasteiger partial charge in [0, 0.05) is 17.1 Å². The molecular weight excluding hydrogens is 438 g/mol. The van der Waals surface area contributed by atoms with Crippen molar-refractivity contribution in [3.8, 4) is 11.4 Å². The lowest BCUT2D eigenvalue weighted by molar-refractivity contribution is -0.118. The SMILES string of the molecule is CCn1c(SCC(=O)N/N=C\c2ccc(C(=O)OC)cc2)nnc1-c1ccc(Cl)cc1. The number of hydrogen-bond donors (Lipinski definition) is 1.